The average Bonchev–Trinajstić information content (AvgIpc) is 3.41. The Balaban J connectivity index is 0.00000361. The van der Waals surface area contributed by atoms with Crippen molar-refractivity contribution in [3.8, 4) is 0 Å². The van der Waals surface area contributed by atoms with E-state index in [0.717, 1.165) is 16.2 Å². The normalized spacial score (nSPS) is 19.3. The second-order valence-electron chi connectivity index (χ2n) is 7.48. The largest absolute Gasteiger partial charge is 0.543 e. The van der Waals surface area contributed by atoms with Gasteiger partial charge in [0.15, 0.2) is 29.4 Å². The van der Waals surface area contributed by atoms with Gasteiger partial charge in [-0.25, -0.2) is 4.98 Å². The highest BCUT2D eigenvalue weighted by molar-refractivity contribution is 14.0. The number of thiazole rings is 1. The van der Waals surface area contributed by atoms with E-state index in [1.54, 1.807) is 21.6 Å². The van der Waals surface area contributed by atoms with Crippen molar-refractivity contribution in [1.82, 2.24) is 19.9 Å². The van der Waals surface area contributed by atoms with E-state index in [1.807, 2.05) is 0 Å². The quantitative estimate of drug-likeness (QED) is 0.0736. The summed E-state index contributed by atoms with van der Waals surface area (Å²) in [6.07, 6.45) is 1.66. The summed E-state index contributed by atoms with van der Waals surface area (Å²) in [5.74, 6) is -2.15. The van der Waals surface area contributed by atoms with Crippen molar-refractivity contribution in [1.29, 1.82) is 0 Å². The number of anilines is 2. The number of thioether (sulfide) groups is 1. The molecule has 17 heteroatoms. The number of halogens is 1. The van der Waals surface area contributed by atoms with Crippen LogP contribution in [0.4, 0.5) is 10.9 Å². The highest BCUT2D eigenvalue weighted by atomic mass is 127. The summed E-state index contributed by atoms with van der Waals surface area (Å²) in [6, 6.07) is 0.645. The van der Waals surface area contributed by atoms with Gasteiger partial charge in [0.2, 0.25) is 0 Å². The van der Waals surface area contributed by atoms with Crippen molar-refractivity contribution in [3.63, 3.8) is 0 Å². The third-order valence-corrected chi connectivity index (χ3v) is 7.39. The Kier molecular flexibility index (Phi) is 8.80. The lowest BCUT2D eigenvalue weighted by Gasteiger charge is -2.50. The van der Waals surface area contributed by atoms with Gasteiger partial charge in [-0.2, -0.15) is 0 Å². The SMILES string of the molecule is CO/N=C(/C(=O)N[C@@H]1C(=O)N2C(C(=O)[O-])=C(C[n+]3ccc(N)n3CCO)CS[C@H]12)c1csc(N)n1.I. The molecule has 2 amide bonds. The molecular formula is C19H23IN8O6S2. The summed E-state index contributed by atoms with van der Waals surface area (Å²) in [5, 5.41) is 28.7. The number of amides is 2. The number of nitrogens with one attached hydrogen (secondary N) is 1. The van der Waals surface area contributed by atoms with Crippen LogP contribution in [-0.4, -0.2) is 74.1 Å². The second-order valence-corrected chi connectivity index (χ2v) is 9.47. The lowest BCUT2D eigenvalue weighted by atomic mass is 10.0. The minimum atomic E-state index is -1.50. The molecule has 0 bridgehead atoms. The predicted molar refractivity (Wildman–Crippen MR) is 139 cm³/mol. The zero-order valence-electron chi connectivity index (χ0n) is 18.8. The van der Waals surface area contributed by atoms with Crippen molar-refractivity contribution in [2.45, 2.75) is 24.5 Å². The van der Waals surface area contributed by atoms with Gasteiger partial charge in [0.1, 0.15) is 30.8 Å². The minimum absolute atomic E-state index is 0. The van der Waals surface area contributed by atoms with Crippen LogP contribution in [0.25, 0.3) is 0 Å². The van der Waals surface area contributed by atoms with Crippen LogP contribution in [-0.2, 0) is 32.3 Å². The third kappa shape index (κ3) is 5.13. The number of fused-ring (bicyclic) bond motifs is 1. The molecule has 2 aromatic heterocycles. The average molecular weight is 650 g/mol. The Hall–Kier alpha value is -2.90. The number of hydrogen-bond acceptors (Lipinski definition) is 12. The lowest BCUT2D eigenvalue weighted by molar-refractivity contribution is -0.767. The number of aromatic nitrogens is 3. The molecule has 2 aromatic rings. The van der Waals surface area contributed by atoms with Crippen LogP contribution >= 0.6 is 47.1 Å². The molecule has 0 spiro atoms. The van der Waals surface area contributed by atoms with E-state index in [9.17, 15) is 24.6 Å². The van der Waals surface area contributed by atoms with Crippen LogP contribution in [0, 0.1) is 0 Å². The topological polar surface area (TPSA) is 205 Å². The van der Waals surface area contributed by atoms with Crippen LogP contribution < -0.4 is 26.6 Å². The van der Waals surface area contributed by atoms with Crippen LogP contribution in [0.2, 0.25) is 0 Å². The fraction of sp³-hybridized carbons (Fsp3) is 0.368. The number of aliphatic hydroxyl groups excluding tert-OH is 1. The highest BCUT2D eigenvalue weighted by Gasteiger charge is 2.53. The number of carbonyl (C=O) groups is 3. The first-order chi connectivity index (χ1) is 16.8. The standard InChI is InChI=1S/C19H22N8O6S2.HI/c1-33-24-12(10-8-35-19(21)22-10)15(29)23-13-16(30)27-14(18(31)32)9(7-34-17(13)27)6-25-3-2-11(20)26(25)4-5-28;/h2-3,8,13,17,20,28H,4-7H2,1H3,(H4,21,22,23,29,31,32);1H/b24-12+;/t13-,17-;/m1./s1. The summed E-state index contributed by atoms with van der Waals surface area (Å²) in [6.45, 7) is 0.183. The van der Waals surface area contributed by atoms with E-state index in [1.165, 1.54) is 24.3 Å². The molecule has 4 rings (SSSR count). The van der Waals surface area contributed by atoms with Crippen LogP contribution in [0.3, 0.4) is 0 Å². The Labute approximate surface area is 230 Å². The number of nitrogen functional groups attached to an aromatic ring is 2. The molecule has 1 fully saturated rings. The maximum absolute atomic E-state index is 12.9. The van der Waals surface area contributed by atoms with Gasteiger partial charge in [-0.05, 0) is 0 Å². The summed E-state index contributed by atoms with van der Waals surface area (Å²) < 4.78 is 3.25. The van der Waals surface area contributed by atoms with Gasteiger partial charge in [0.05, 0.1) is 24.3 Å². The molecule has 2 aliphatic heterocycles. The van der Waals surface area contributed by atoms with E-state index in [-0.39, 0.29) is 71.7 Å². The Morgan fingerprint density at radius 2 is 2.19 bits per heavy atom. The number of aliphatic carboxylic acids is 1. The lowest BCUT2D eigenvalue weighted by Crippen LogP contribution is -2.71. The fourth-order valence-corrected chi connectivity index (χ4v) is 5.74. The molecule has 0 aliphatic carbocycles. The second kappa shape index (κ2) is 11.4. The maximum Gasteiger partial charge on any atom is 0.276 e. The molecule has 14 nitrogen and oxygen atoms in total. The maximum atomic E-state index is 12.9. The van der Waals surface area contributed by atoms with Gasteiger partial charge in [0.25, 0.3) is 11.8 Å². The van der Waals surface area contributed by atoms with Crippen molar-refractivity contribution in [2.75, 3.05) is 30.9 Å². The molecule has 36 heavy (non-hydrogen) atoms. The first kappa shape index (κ1) is 27.7. The van der Waals surface area contributed by atoms with Crippen molar-refractivity contribution >= 4 is 81.5 Å². The summed E-state index contributed by atoms with van der Waals surface area (Å²) in [7, 11) is 1.26. The molecule has 194 valence electrons. The van der Waals surface area contributed by atoms with E-state index >= 15 is 0 Å². The Morgan fingerprint density at radius 3 is 2.81 bits per heavy atom. The molecule has 0 aromatic carbocycles. The van der Waals surface area contributed by atoms with E-state index in [2.05, 4.69) is 15.5 Å². The van der Waals surface area contributed by atoms with E-state index < -0.39 is 29.2 Å². The summed E-state index contributed by atoms with van der Waals surface area (Å²) in [4.78, 5) is 47.6. The number of carboxylic acids is 1. The van der Waals surface area contributed by atoms with Crippen LogP contribution in [0.15, 0.2) is 34.1 Å². The molecule has 0 radical (unpaired) electrons. The fourth-order valence-electron chi connectivity index (χ4n) is 3.86. The number of nitrogens with two attached hydrogens (primary N) is 2. The molecule has 4 heterocycles. The summed E-state index contributed by atoms with van der Waals surface area (Å²) in [5.41, 5.74) is 11.8. The van der Waals surface area contributed by atoms with Gasteiger partial charge in [-0.15, -0.1) is 56.4 Å². The number of carbonyl (C=O) groups excluding carboxylic acids is 3. The van der Waals surface area contributed by atoms with Crippen molar-refractivity contribution in [3.05, 3.63) is 34.6 Å². The van der Waals surface area contributed by atoms with Crippen LogP contribution in [0.1, 0.15) is 5.69 Å². The molecular weight excluding hydrogens is 627 g/mol. The Morgan fingerprint density at radius 1 is 1.44 bits per heavy atom. The first-order valence-electron chi connectivity index (χ1n) is 10.2. The smallest absolute Gasteiger partial charge is 0.276 e. The van der Waals surface area contributed by atoms with Gasteiger partial charge in [0, 0.05) is 16.7 Å². The van der Waals surface area contributed by atoms with Gasteiger partial charge in [-0.1, -0.05) is 5.16 Å². The molecule has 0 saturated carbocycles. The van der Waals surface area contributed by atoms with Gasteiger partial charge >= 0.3 is 0 Å². The third-order valence-electron chi connectivity index (χ3n) is 5.38. The molecule has 2 aliphatic rings. The summed E-state index contributed by atoms with van der Waals surface area (Å²) >= 11 is 2.41. The number of hydrogen-bond donors (Lipinski definition) is 4. The van der Waals surface area contributed by atoms with E-state index in [4.69, 9.17) is 16.3 Å². The predicted octanol–water partition coefficient (Wildman–Crippen LogP) is -2.54. The number of nitrogens with zero attached hydrogens (tertiary/aromatic N) is 5. The zero-order chi connectivity index (χ0) is 25.3. The highest BCUT2D eigenvalue weighted by Crippen LogP contribution is 2.40. The molecule has 0 unspecified atom stereocenters. The molecule has 6 N–H and O–H groups in total. The van der Waals surface area contributed by atoms with Gasteiger partial charge < -0.3 is 36.6 Å². The number of oxime groups is 1. The first-order valence-corrected chi connectivity index (χ1v) is 12.2. The van der Waals surface area contributed by atoms with Gasteiger partial charge in [-0.3, -0.25) is 14.5 Å². The van der Waals surface area contributed by atoms with Crippen molar-refractivity contribution in [2.24, 2.45) is 5.16 Å². The number of β-lactam (4-membered cyclic amide) rings is 1. The van der Waals surface area contributed by atoms with Crippen molar-refractivity contribution < 1.29 is 34.1 Å². The monoisotopic (exact) mass is 650 g/mol. The van der Waals surface area contributed by atoms with Crippen LogP contribution in [0.5, 0.6) is 0 Å². The molecule has 2 atom stereocenters. The number of carboxylic acid groups (broad SMARTS) is 1. The van der Waals surface area contributed by atoms with E-state index in [0.29, 0.717) is 11.4 Å². The molecule has 1 saturated heterocycles. The zero-order valence-corrected chi connectivity index (χ0v) is 22.8. The minimum Gasteiger partial charge on any atom is -0.543 e. The Bertz CT molecular complexity index is 1240. The number of rotatable bonds is 9. The number of aliphatic hydroxyl groups is 1.